The highest BCUT2D eigenvalue weighted by Gasteiger charge is 2.21. The summed E-state index contributed by atoms with van der Waals surface area (Å²) in [5.41, 5.74) is 11.1. The van der Waals surface area contributed by atoms with Crippen LogP contribution < -0.4 is 0 Å². The van der Waals surface area contributed by atoms with Crippen molar-refractivity contribution in [2.45, 2.75) is 0 Å². The van der Waals surface area contributed by atoms with Crippen molar-refractivity contribution >= 4 is 32.7 Å². The SMILES string of the molecule is c1ccc(-c2cccc(-c3nc(-c4ccccc4-c4ccccc4)nc(-c4cc5c6cccc(-c7ccccc7)c6oc5c5ccccc45)n3)c2)cc1. The maximum absolute atomic E-state index is 6.80. The van der Waals surface area contributed by atoms with Crippen LogP contribution in [0.1, 0.15) is 0 Å². The maximum atomic E-state index is 6.80. The quantitative estimate of drug-likeness (QED) is 0.176. The Balaban J connectivity index is 1.24. The van der Waals surface area contributed by atoms with Gasteiger partial charge in [-0.1, -0.05) is 176 Å². The zero-order valence-corrected chi connectivity index (χ0v) is 28.6. The Morgan fingerprint density at radius 3 is 1.47 bits per heavy atom. The summed E-state index contributed by atoms with van der Waals surface area (Å²) >= 11 is 0. The van der Waals surface area contributed by atoms with Crippen LogP contribution in [0.3, 0.4) is 0 Å². The Labute approximate surface area is 306 Å². The van der Waals surface area contributed by atoms with Crippen LogP contribution in [-0.4, -0.2) is 15.0 Å². The fourth-order valence-corrected chi connectivity index (χ4v) is 7.41. The van der Waals surface area contributed by atoms with E-state index in [0.717, 1.165) is 82.8 Å². The van der Waals surface area contributed by atoms with E-state index in [1.165, 1.54) is 0 Å². The van der Waals surface area contributed by atoms with E-state index in [9.17, 15) is 0 Å². The fraction of sp³-hybridized carbons (Fsp3) is 0. The van der Waals surface area contributed by atoms with E-state index in [1.807, 2.05) is 24.3 Å². The van der Waals surface area contributed by atoms with E-state index in [2.05, 4.69) is 164 Å². The molecule has 2 aromatic heterocycles. The molecule has 0 spiro atoms. The summed E-state index contributed by atoms with van der Waals surface area (Å²) in [4.78, 5) is 15.8. The van der Waals surface area contributed by atoms with Crippen LogP contribution in [0.25, 0.3) is 100 Å². The van der Waals surface area contributed by atoms with E-state index >= 15 is 0 Å². The molecule has 0 atom stereocenters. The van der Waals surface area contributed by atoms with Crippen LogP contribution in [0.5, 0.6) is 0 Å². The number of para-hydroxylation sites is 1. The van der Waals surface area contributed by atoms with E-state index in [-0.39, 0.29) is 0 Å². The first-order valence-corrected chi connectivity index (χ1v) is 17.8. The molecule has 0 bridgehead atoms. The van der Waals surface area contributed by atoms with Gasteiger partial charge in [0.15, 0.2) is 17.5 Å². The molecule has 10 rings (SSSR count). The molecule has 0 N–H and O–H groups in total. The van der Waals surface area contributed by atoms with Gasteiger partial charge in [-0.2, -0.15) is 0 Å². The van der Waals surface area contributed by atoms with Gasteiger partial charge in [0.2, 0.25) is 0 Å². The smallest absolute Gasteiger partial charge is 0.164 e. The maximum Gasteiger partial charge on any atom is 0.164 e. The molecule has 4 nitrogen and oxygen atoms in total. The zero-order chi connectivity index (χ0) is 35.1. The van der Waals surface area contributed by atoms with Gasteiger partial charge in [-0.25, -0.2) is 15.0 Å². The molecule has 0 aliphatic carbocycles. The second kappa shape index (κ2) is 12.9. The number of benzene rings is 8. The number of rotatable bonds is 6. The third-order valence-corrected chi connectivity index (χ3v) is 9.95. The normalized spacial score (nSPS) is 11.4. The van der Waals surface area contributed by atoms with E-state index in [0.29, 0.717) is 17.5 Å². The van der Waals surface area contributed by atoms with Gasteiger partial charge in [0, 0.05) is 38.4 Å². The van der Waals surface area contributed by atoms with Crippen molar-refractivity contribution in [3.63, 3.8) is 0 Å². The lowest BCUT2D eigenvalue weighted by Gasteiger charge is -2.13. The van der Waals surface area contributed by atoms with Gasteiger partial charge in [-0.3, -0.25) is 0 Å². The molecule has 53 heavy (non-hydrogen) atoms. The number of fused-ring (bicyclic) bond motifs is 5. The molecule has 0 saturated carbocycles. The van der Waals surface area contributed by atoms with Gasteiger partial charge < -0.3 is 4.42 Å². The van der Waals surface area contributed by atoms with Gasteiger partial charge in [-0.15, -0.1) is 0 Å². The monoisotopic (exact) mass is 677 g/mol. The largest absolute Gasteiger partial charge is 0.455 e. The van der Waals surface area contributed by atoms with Gasteiger partial charge in [0.05, 0.1) is 0 Å². The Morgan fingerprint density at radius 1 is 0.264 bits per heavy atom. The number of aromatic nitrogens is 3. The summed E-state index contributed by atoms with van der Waals surface area (Å²) in [5, 5.41) is 4.09. The molecular weight excluding hydrogens is 647 g/mol. The minimum absolute atomic E-state index is 0.602. The molecule has 0 amide bonds. The molecule has 4 heteroatoms. The molecule has 0 aliphatic heterocycles. The number of nitrogens with zero attached hydrogens (tertiary/aromatic N) is 3. The Hall–Kier alpha value is -7.17. The topological polar surface area (TPSA) is 51.8 Å². The average molecular weight is 678 g/mol. The van der Waals surface area contributed by atoms with Gasteiger partial charge in [0.1, 0.15) is 11.2 Å². The molecule has 248 valence electrons. The molecule has 0 fully saturated rings. The molecule has 0 saturated heterocycles. The molecule has 8 aromatic carbocycles. The molecule has 0 radical (unpaired) electrons. The van der Waals surface area contributed by atoms with Crippen molar-refractivity contribution in [2.24, 2.45) is 0 Å². The van der Waals surface area contributed by atoms with E-state index in [1.54, 1.807) is 0 Å². The third-order valence-electron chi connectivity index (χ3n) is 9.95. The summed E-state index contributed by atoms with van der Waals surface area (Å²) in [6.07, 6.45) is 0. The lowest BCUT2D eigenvalue weighted by molar-refractivity contribution is 0.674. The Morgan fingerprint density at radius 2 is 0.736 bits per heavy atom. The van der Waals surface area contributed by atoms with Crippen molar-refractivity contribution < 1.29 is 4.42 Å². The first kappa shape index (κ1) is 30.6. The Kier molecular flexibility index (Phi) is 7.43. The molecule has 2 heterocycles. The zero-order valence-electron chi connectivity index (χ0n) is 28.6. The second-order valence-electron chi connectivity index (χ2n) is 13.2. The van der Waals surface area contributed by atoms with Gasteiger partial charge in [-0.05, 0) is 45.3 Å². The highest BCUT2D eigenvalue weighted by atomic mass is 16.3. The third kappa shape index (κ3) is 5.45. The van der Waals surface area contributed by atoms with Crippen LogP contribution >= 0.6 is 0 Å². The minimum atomic E-state index is 0.602. The summed E-state index contributed by atoms with van der Waals surface area (Å²) in [7, 11) is 0. The summed E-state index contributed by atoms with van der Waals surface area (Å²) < 4.78 is 6.80. The fourth-order valence-electron chi connectivity index (χ4n) is 7.41. The highest BCUT2D eigenvalue weighted by molar-refractivity contribution is 6.20. The highest BCUT2D eigenvalue weighted by Crippen LogP contribution is 2.42. The number of furan rings is 1. The standard InChI is InChI=1S/C49H31N3O/c1-4-16-32(17-5-1)35-22-14-23-36(30-35)47-50-48(42-27-13-10-24-37(42)33-18-6-2-7-19-33)52-49(51-47)44-31-43-41-29-15-28-38(34-20-8-3-9-21-34)45(41)53-46(43)40-26-12-11-25-39(40)44/h1-31H. The van der Waals surface area contributed by atoms with Crippen molar-refractivity contribution in [3.8, 4) is 67.5 Å². The second-order valence-corrected chi connectivity index (χ2v) is 13.2. The Bertz CT molecular complexity index is 2940. The predicted molar refractivity (Wildman–Crippen MR) is 217 cm³/mol. The van der Waals surface area contributed by atoms with Crippen LogP contribution in [0.4, 0.5) is 0 Å². The van der Waals surface area contributed by atoms with Gasteiger partial charge in [0.25, 0.3) is 0 Å². The van der Waals surface area contributed by atoms with Crippen molar-refractivity contribution in [1.82, 2.24) is 15.0 Å². The minimum Gasteiger partial charge on any atom is -0.455 e. The first-order valence-electron chi connectivity index (χ1n) is 17.8. The molecule has 0 aliphatic rings. The average Bonchev–Trinajstić information content (AvgIpc) is 3.63. The van der Waals surface area contributed by atoms with Crippen LogP contribution in [0, 0.1) is 0 Å². The number of hydrogen-bond donors (Lipinski definition) is 0. The number of hydrogen-bond acceptors (Lipinski definition) is 4. The summed E-state index contributed by atoms with van der Waals surface area (Å²) in [5.74, 6) is 1.82. The van der Waals surface area contributed by atoms with E-state index in [4.69, 9.17) is 19.4 Å². The summed E-state index contributed by atoms with van der Waals surface area (Å²) in [6, 6.07) is 65.0. The molecule has 10 aromatic rings. The van der Waals surface area contributed by atoms with Crippen LogP contribution in [0.15, 0.2) is 192 Å². The van der Waals surface area contributed by atoms with Crippen LogP contribution in [0.2, 0.25) is 0 Å². The van der Waals surface area contributed by atoms with E-state index < -0.39 is 0 Å². The lowest BCUT2D eigenvalue weighted by Crippen LogP contribution is -2.01. The van der Waals surface area contributed by atoms with Crippen LogP contribution in [-0.2, 0) is 0 Å². The van der Waals surface area contributed by atoms with Gasteiger partial charge >= 0.3 is 0 Å². The van der Waals surface area contributed by atoms with Crippen molar-refractivity contribution in [1.29, 1.82) is 0 Å². The lowest BCUT2D eigenvalue weighted by atomic mass is 9.97. The first-order chi connectivity index (χ1) is 26.3. The molecule has 0 unspecified atom stereocenters. The van der Waals surface area contributed by atoms with Crippen molar-refractivity contribution in [2.75, 3.05) is 0 Å². The summed E-state index contributed by atoms with van der Waals surface area (Å²) in [6.45, 7) is 0. The predicted octanol–water partition coefficient (Wildman–Crippen LogP) is 12.9. The molecular formula is C49H31N3O. The van der Waals surface area contributed by atoms with Crippen molar-refractivity contribution in [3.05, 3.63) is 188 Å².